The summed E-state index contributed by atoms with van der Waals surface area (Å²) in [7, 11) is 1.54. The van der Waals surface area contributed by atoms with Crippen molar-refractivity contribution in [3.05, 3.63) is 45.3 Å². The molecule has 1 heterocycles. The highest BCUT2D eigenvalue weighted by Crippen LogP contribution is 2.55. The third kappa shape index (κ3) is 4.49. The molecule has 0 fully saturated rings. The Bertz CT molecular complexity index is 1140. The second-order valence-corrected chi connectivity index (χ2v) is 11.7. The summed E-state index contributed by atoms with van der Waals surface area (Å²) in [6.45, 7) is 11.4. The van der Waals surface area contributed by atoms with Gasteiger partial charge in [-0.15, -0.1) is 6.42 Å². The van der Waals surface area contributed by atoms with Crippen LogP contribution in [0.3, 0.4) is 0 Å². The number of nitrogens with zero attached hydrogens (tertiary/aromatic N) is 1. The van der Waals surface area contributed by atoms with Crippen molar-refractivity contribution < 1.29 is 19.1 Å². The quantitative estimate of drug-likeness (QED) is 0.464. The van der Waals surface area contributed by atoms with Gasteiger partial charge in [-0.25, -0.2) is 0 Å². The molecule has 1 aliphatic heterocycles. The molecule has 6 heteroatoms. The zero-order valence-electron chi connectivity index (χ0n) is 21.5. The first-order valence-electron chi connectivity index (χ1n) is 12.2. The maximum Gasteiger partial charge on any atom is 0.181 e. The van der Waals surface area contributed by atoms with E-state index in [4.69, 9.17) is 27.5 Å². The average molecular weight is 496 g/mol. The van der Waals surface area contributed by atoms with Crippen molar-refractivity contribution in [2.75, 3.05) is 20.3 Å². The van der Waals surface area contributed by atoms with E-state index in [0.717, 1.165) is 29.8 Å². The lowest BCUT2D eigenvalue weighted by molar-refractivity contribution is -0.119. The highest BCUT2D eigenvalue weighted by atomic mass is 35.5. The largest absolute Gasteiger partial charge is 0.493 e. The van der Waals surface area contributed by atoms with Crippen LogP contribution in [0.2, 0.25) is 5.02 Å². The highest BCUT2D eigenvalue weighted by Gasteiger charge is 2.48. The highest BCUT2D eigenvalue weighted by molar-refractivity contribution is 6.32. The van der Waals surface area contributed by atoms with Gasteiger partial charge in [0, 0.05) is 47.8 Å². The van der Waals surface area contributed by atoms with Crippen molar-refractivity contribution in [1.29, 1.82) is 0 Å². The molecule has 0 saturated carbocycles. The Morgan fingerprint density at radius 2 is 1.57 bits per heavy atom. The summed E-state index contributed by atoms with van der Waals surface area (Å²) in [6, 6.07) is 3.62. The molecule has 35 heavy (non-hydrogen) atoms. The van der Waals surface area contributed by atoms with Crippen molar-refractivity contribution in [2.45, 2.75) is 66.2 Å². The van der Waals surface area contributed by atoms with Gasteiger partial charge in [0.2, 0.25) is 0 Å². The molecule has 5 nitrogen and oxygen atoms in total. The van der Waals surface area contributed by atoms with E-state index in [-0.39, 0.29) is 29.0 Å². The van der Waals surface area contributed by atoms with Crippen molar-refractivity contribution in [3.8, 4) is 23.8 Å². The van der Waals surface area contributed by atoms with Gasteiger partial charge in [0.05, 0.1) is 12.1 Å². The number of rotatable bonds is 5. The molecule has 4 rings (SSSR count). The van der Waals surface area contributed by atoms with E-state index in [9.17, 15) is 9.59 Å². The molecule has 0 amide bonds. The number of ketones is 2. The zero-order valence-corrected chi connectivity index (χ0v) is 22.3. The van der Waals surface area contributed by atoms with Gasteiger partial charge < -0.3 is 14.4 Å². The Balaban J connectivity index is 1.99. The third-order valence-electron chi connectivity index (χ3n) is 7.22. The van der Waals surface area contributed by atoms with Crippen LogP contribution in [0.15, 0.2) is 34.7 Å². The normalized spacial score (nSPS) is 21.5. The number of terminal acetylenes is 1. The van der Waals surface area contributed by atoms with Crippen LogP contribution < -0.4 is 9.47 Å². The molecule has 1 aromatic carbocycles. The topological polar surface area (TPSA) is 55.8 Å². The fourth-order valence-electron chi connectivity index (χ4n) is 5.92. The Hall–Kier alpha value is -2.71. The summed E-state index contributed by atoms with van der Waals surface area (Å²) in [4.78, 5) is 29.7. The molecule has 2 aliphatic carbocycles. The fourth-order valence-corrected chi connectivity index (χ4v) is 6.20. The average Bonchev–Trinajstić information content (AvgIpc) is 2.74. The maximum absolute atomic E-state index is 13.7. The summed E-state index contributed by atoms with van der Waals surface area (Å²) in [6.07, 6.45) is 7.79. The molecule has 0 saturated heterocycles. The number of carbonyl (C=O) groups is 2. The minimum absolute atomic E-state index is 0.0516. The Morgan fingerprint density at radius 1 is 1.03 bits per heavy atom. The van der Waals surface area contributed by atoms with Gasteiger partial charge in [0.15, 0.2) is 23.1 Å². The monoisotopic (exact) mass is 495 g/mol. The minimum atomic E-state index is -0.483. The molecule has 1 aromatic rings. The third-order valence-corrected chi connectivity index (χ3v) is 7.50. The number of carbonyl (C=O) groups excluding carboxylic acids is 2. The van der Waals surface area contributed by atoms with Crippen molar-refractivity contribution in [3.63, 3.8) is 0 Å². The Labute approximate surface area is 213 Å². The molecular weight excluding hydrogens is 462 g/mol. The summed E-state index contributed by atoms with van der Waals surface area (Å²) in [5.74, 6) is 2.92. The molecule has 0 atom stereocenters. The van der Waals surface area contributed by atoms with Crippen LogP contribution in [0.5, 0.6) is 11.5 Å². The lowest BCUT2D eigenvalue weighted by Crippen LogP contribution is -2.44. The lowest BCUT2D eigenvalue weighted by atomic mass is 9.63. The number of ether oxygens (including phenoxy) is 2. The number of halogens is 1. The molecule has 3 aliphatic rings. The van der Waals surface area contributed by atoms with Gasteiger partial charge in [0.25, 0.3) is 0 Å². The number of allylic oxidation sites excluding steroid dienone is 4. The summed E-state index contributed by atoms with van der Waals surface area (Å²) in [5, 5.41) is 0.337. The maximum atomic E-state index is 13.7. The summed E-state index contributed by atoms with van der Waals surface area (Å²) in [5.41, 5.74) is 3.96. The minimum Gasteiger partial charge on any atom is -0.493 e. The van der Waals surface area contributed by atoms with E-state index in [0.29, 0.717) is 47.1 Å². The molecule has 0 unspecified atom stereocenters. The van der Waals surface area contributed by atoms with Crippen LogP contribution in [0.1, 0.15) is 71.8 Å². The van der Waals surface area contributed by atoms with E-state index >= 15 is 0 Å². The van der Waals surface area contributed by atoms with Crippen LogP contribution in [-0.2, 0) is 9.59 Å². The number of Topliss-reactive ketones (excluding diaryl/α,β-unsaturated/α-hetero) is 2. The first-order valence-corrected chi connectivity index (χ1v) is 12.5. The number of hydrogen-bond donors (Lipinski definition) is 0. The Kier molecular flexibility index (Phi) is 6.57. The van der Waals surface area contributed by atoms with Crippen LogP contribution in [-0.4, -0.2) is 36.7 Å². The van der Waals surface area contributed by atoms with Gasteiger partial charge in [-0.05, 0) is 48.3 Å². The summed E-state index contributed by atoms with van der Waals surface area (Å²) < 4.78 is 11.2. The van der Waals surface area contributed by atoms with E-state index in [2.05, 4.69) is 45.4 Å². The standard InChI is InChI=1S/C29H34ClNO4/c1-8-10-35-27-18(30)11-17(12-23(27)34-7)24-25-19(13-28(3,4)15-21(25)32)31(9-2)20-14-29(5,6)16-22(33)26(20)24/h1,11-12,24H,9-10,13-16H2,2-7H3. The van der Waals surface area contributed by atoms with Crippen molar-refractivity contribution >= 4 is 23.2 Å². The van der Waals surface area contributed by atoms with Gasteiger partial charge in [-0.2, -0.15) is 0 Å². The van der Waals surface area contributed by atoms with Gasteiger partial charge in [0.1, 0.15) is 6.61 Å². The molecule has 0 radical (unpaired) electrons. The number of hydrogen-bond acceptors (Lipinski definition) is 5. The van der Waals surface area contributed by atoms with Gasteiger partial charge >= 0.3 is 0 Å². The second-order valence-electron chi connectivity index (χ2n) is 11.3. The van der Waals surface area contributed by atoms with E-state index < -0.39 is 5.92 Å². The van der Waals surface area contributed by atoms with E-state index in [1.54, 1.807) is 6.07 Å². The van der Waals surface area contributed by atoms with Crippen LogP contribution >= 0.6 is 11.6 Å². The van der Waals surface area contributed by atoms with E-state index in [1.165, 1.54) is 7.11 Å². The van der Waals surface area contributed by atoms with Gasteiger partial charge in [-0.1, -0.05) is 45.2 Å². The van der Waals surface area contributed by atoms with E-state index in [1.807, 2.05) is 6.07 Å². The molecule has 0 aromatic heterocycles. The fraction of sp³-hybridized carbons (Fsp3) is 0.517. The summed E-state index contributed by atoms with van der Waals surface area (Å²) >= 11 is 6.65. The first kappa shape index (κ1) is 25.4. The van der Waals surface area contributed by atoms with Crippen molar-refractivity contribution in [1.82, 2.24) is 4.90 Å². The van der Waals surface area contributed by atoms with Crippen LogP contribution in [0.4, 0.5) is 0 Å². The number of methoxy groups -OCH3 is 1. The molecule has 0 bridgehead atoms. The smallest absolute Gasteiger partial charge is 0.181 e. The predicted molar refractivity (Wildman–Crippen MR) is 138 cm³/mol. The number of benzene rings is 1. The molecular formula is C29H34ClNO4. The molecule has 0 N–H and O–H groups in total. The molecule has 0 spiro atoms. The lowest BCUT2D eigenvalue weighted by Gasteiger charge is -2.49. The van der Waals surface area contributed by atoms with Gasteiger partial charge in [-0.3, -0.25) is 9.59 Å². The Morgan fingerprint density at radius 3 is 2.03 bits per heavy atom. The first-order chi connectivity index (χ1) is 16.4. The predicted octanol–water partition coefficient (Wildman–Crippen LogP) is 6.07. The SMILES string of the molecule is C#CCOc1c(Cl)cc(C2C3=C(CC(C)(C)CC3=O)N(CC)C3=C2C(=O)CC(C)(C)C3)cc1OC. The van der Waals surface area contributed by atoms with Crippen LogP contribution in [0.25, 0.3) is 0 Å². The molecule has 186 valence electrons. The second kappa shape index (κ2) is 9.06. The van der Waals surface area contributed by atoms with Crippen LogP contribution in [0, 0.1) is 23.2 Å². The zero-order chi connectivity index (χ0) is 25.7. The van der Waals surface area contributed by atoms with Crippen molar-refractivity contribution in [2.24, 2.45) is 10.8 Å².